The van der Waals surface area contributed by atoms with Gasteiger partial charge in [-0.05, 0) is 72.4 Å². The lowest BCUT2D eigenvalue weighted by molar-refractivity contribution is -0.0459. The van der Waals surface area contributed by atoms with Gasteiger partial charge in [0.1, 0.15) is 11.4 Å². The summed E-state index contributed by atoms with van der Waals surface area (Å²) in [7, 11) is 0. The fraction of sp³-hybridized carbons (Fsp3) is 0.212. The maximum atomic E-state index is 13.4. The van der Waals surface area contributed by atoms with Crippen LogP contribution < -0.4 is 15.0 Å². The third-order valence-corrected chi connectivity index (χ3v) is 9.43. The Balaban J connectivity index is 1.13. The number of thiazole rings is 2. The zero-order chi connectivity index (χ0) is 30.5. The second-order valence-electron chi connectivity index (χ2n) is 10.2. The van der Waals surface area contributed by atoms with Gasteiger partial charge in [-0.3, -0.25) is 10.1 Å². The Morgan fingerprint density at radius 1 is 1.11 bits per heavy atom. The Labute approximate surface area is 262 Å². The number of rotatable bonds is 10. The quantitative estimate of drug-likeness (QED) is 0.0967. The molecule has 0 saturated heterocycles. The van der Waals surface area contributed by atoms with E-state index in [2.05, 4.69) is 20.2 Å². The molecule has 3 N–H and O–H groups in total. The minimum absolute atomic E-state index is 0.208. The van der Waals surface area contributed by atoms with Gasteiger partial charge in [0.05, 0.1) is 22.9 Å². The van der Waals surface area contributed by atoms with Gasteiger partial charge < -0.3 is 19.8 Å². The van der Waals surface area contributed by atoms with E-state index in [9.17, 15) is 15.0 Å². The molecule has 0 saturated carbocycles. The molecule has 1 aliphatic rings. The highest BCUT2D eigenvalue weighted by atomic mass is 32.1. The molecule has 44 heavy (non-hydrogen) atoms. The molecule has 0 unspecified atom stereocenters. The number of benzene rings is 3. The molecule has 5 aromatic rings. The van der Waals surface area contributed by atoms with Gasteiger partial charge in [-0.2, -0.15) is 5.26 Å². The molecule has 1 amide bonds. The highest BCUT2D eigenvalue weighted by Gasteiger charge is 2.26. The molecule has 0 fully saturated rings. The monoisotopic (exact) mass is 623 g/mol. The summed E-state index contributed by atoms with van der Waals surface area (Å²) in [4.78, 5) is 25.4. The SMILES string of the molecule is N#C/C=C/c1cccc(OCCCc2sc(N3CCc4cccc(C(=O)Nc5nc6ccccc6s5)c4C3)nc2C(O)O)c1. The van der Waals surface area contributed by atoms with E-state index in [1.165, 1.54) is 28.7 Å². The van der Waals surface area contributed by atoms with Crippen molar-refractivity contribution in [1.29, 1.82) is 5.26 Å². The molecular formula is C33H29N5O4S2. The van der Waals surface area contributed by atoms with Crippen molar-refractivity contribution in [2.75, 3.05) is 23.4 Å². The zero-order valence-electron chi connectivity index (χ0n) is 23.6. The topological polar surface area (TPSA) is 132 Å². The van der Waals surface area contributed by atoms with E-state index >= 15 is 0 Å². The Morgan fingerprint density at radius 2 is 1.98 bits per heavy atom. The number of aliphatic hydroxyl groups excluding tert-OH is 1. The van der Waals surface area contributed by atoms with E-state index in [1.807, 2.05) is 72.8 Å². The number of nitrogens with zero attached hydrogens (tertiary/aromatic N) is 4. The number of carbonyl (C=O) groups is 1. The van der Waals surface area contributed by atoms with Crippen LogP contribution in [0.5, 0.6) is 5.75 Å². The first kappa shape index (κ1) is 29.5. The first-order valence-corrected chi connectivity index (χ1v) is 15.8. The maximum Gasteiger partial charge on any atom is 0.257 e. The van der Waals surface area contributed by atoms with Crippen molar-refractivity contribution in [3.63, 3.8) is 0 Å². The van der Waals surface area contributed by atoms with Crippen LogP contribution in [0.25, 0.3) is 16.3 Å². The van der Waals surface area contributed by atoms with Crippen LogP contribution in [0, 0.1) is 11.3 Å². The average molecular weight is 624 g/mol. The smallest absolute Gasteiger partial charge is 0.257 e. The fourth-order valence-electron chi connectivity index (χ4n) is 5.18. The molecule has 6 rings (SSSR count). The van der Waals surface area contributed by atoms with E-state index in [4.69, 9.17) is 10.00 Å². The Bertz CT molecular complexity index is 1840. The molecule has 0 atom stereocenters. The molecule has 0 aliphatic carbocycles. The Hall–Kier alpha value is -4.60. The van der Waals surface area contributed by atoms with Crippen molar-refractivity contribution in [3.8, 4) is 11.8 Å². The largest absolute Gasteiger partial charge is 0.494 e. The molecule has 3 heterocycles. The van der Waals surface area contributed by atoms with Crippen LogP contribution in [0.15, 0.2) is 72.8 Å². The van der Waals surface area contributed by atoms with Gasteiger partial charge >= 0.3 is 0 Å². The number of aliphatic hydroxyl groups is 2. The molecule has 3 aromatic carbocycles. The van der Waals surface area contributed by atoms with Gasteiger partial charge in [-0.15, -0.1) is 11.3 Å². The molecule has 11 heteroatoms. The number of carbonyl (C=O) groups excluding carboxylic acids is 1. The second kappa shape index (κ2) is 13.4. The first-order chi connectivity index (χ1) is 21.5. The Kier molecular flexibility index (Phi) is 8.95. The highest BCUT2D eigenvalue weighted by molar-refractivity contribution is 7.22. The van der Waals surface area contributed by atoms with Crippen molar-refractivity contribution >= 4 is 55.1 Å². The number of aryl methyl sites for hydroxylation is 1. The van der Waals surface area contributed by atoms with Gasteiger partial charge in [0.25, 0.3) is 5.91 Å². The van der Waals surface area contributed by atoms with Gasteiger partial charge in [0.15, 0.2) is 16.6 Å². The molecule has 2 aromatic heterocycles. The first-order valence-electron chi connectivity index (χ1n) is 14.2. The van der Waals surface area contributed by atoms with Crippen LogP contribution in [-0.2, 0) is 19.4 Å². The molecular weight excluding hydrogens is 595 g/mol. The van der Waals surface area contributed by atoms with E-state index in [0.717, 1.165) is 38.2 Å². The van der Waals surface area contributed by atoms with Gasteiger partial charge in [-0.25, -0.2) is 9.97 Å². The van der Waals surface area contributed by atoms with Crippen molar-refractivity contribution in [2.45, 2.75) is 32.1 Å². The highest BCUT2D eigenvalue weighted by Crippen LogP contribution is 2.35. The minimum Gasteiger partial charge on any atom is -0.494 e. The fourth-order valence-corrected chi connectivity index (χ4v) is 7.19. The van der Waals surface area contributed by atoms with Crippen LogP contribution >= 0.6 is 22.7 Å². The van der Waals surface area contributed by atoms with Crippen molar-refractivity contribution in [1.82, 2.24) is 9.97 Å². The summed E-state index contributed by atoms with van der Waals surface area (Å²) >= 11 is 2.88. The van der Waals surface area contributed by atoms with Gasteiger partial charge in [-0.1, -0.05) is 47.7 Å². The maximum absolute atomic E-state index is 13.4. The molecule has 0 radical (unpaired) electrons. The summed E-state index contributed by atoms with van der Waals surface area (Å²) in [5.74, 6) is 0.494. The van der Waals surface area contributed by atoms with E-state index < -0.39 is 6.29 Å². The normalized spacial score (nSPS) is 12.9. The van der Waals surface area contributed by atoms with Gasteiger partial charge in [0.2, 0.25) is 0 Å². The number of nitriles is 1. The van der Waals surface area contributed by atoms with Crippen LogP contribution in [0.4, 0.5) is 10.3 Å². The molecule has 1 aliphatic heterocycles. The van der Waals surface area contributed by atoms with Crippen molar-refractivity contribution in [3.05, 3.63) is 106 Å². The van der Waals surface area contributed by atoms with Crippen molar-refractivity contribution in [2.24, 2.45) is 0 Å². The number of allylic oxidation sites excluding steroid dienone is 1. The lowest BCUT2D eigenvalue weighted by atomic mass is 9.94. The summed E-state index contributed by atoms with van der Waals surface area (Å²) in [6.45, 7) is 1.61. The number of nitrogens with one attached hydrogen (secondary N) is 1. The minimum atomic E-state index is -1.69. The number of fused-ring (bicyclic) bond motifs is 2. The standard InChI is InChI=1S/C33H29N5O4S2/c34-16-5-8-21-7-3-10-23(19-21)42-18-6-14-28-29(31(40)41)36-33(44-28)38-17-15-22-9-4-11-24(25(22)20-38)30(39)37-32-35-26-12-1-2-13-27(26)43-32/h1-5,7-13,19,31,40-41H,6,14-15,17-18,20H2,(H,35,37,39)/b8-5+. The number of hydrogen-bond acceptors (Lipinski definition) is 10. The summed E-state index contributed by atoms with van der Waals surface area (Å²) in [6, 6.07) is 23.0. The zero-order valence-corrected chi connectivity index (χ0v) is 25.3. The number of para-hydroxylation sites is 1. The average Bonchev–Trinajstić information content (AvgIpc) is 3.66. The number of hydrogen-bond donors (Lipinski definition) is 3. The van der Waals surface area contributed by atoms with E-state index in [1.54, 1.807) is 6.08 Å². The molecule has 0 bridgehead atoms. The van der Waals surface area contributed by atoms with Gasteiger partial charge in [0, 0.05) is 29.6 Å². The lowest BCUT2D eigenvalue weighted by Gasteiger charge is -2.29. The summed E-state index contributed by atoms with van der Waals surface area (Å²) in [5.41, 5.74) is 4.61. The van der Waals surface area contributed by atoms with E-state index in [-0.39, 0.29) is 11.6 Å². The molecule has 0 spiro atoms. The van der Waals surface area contributed by atoms with Crippen LogP contribution in [-0.4, -0.2) is 39.2 Å². The third-order valence-electron chi connectivity index (χ3n) is 7.29. The number of ether oxygens (including phenoxy) is 1. The van der Waals surface area contributed by atoms with Crippen LogP contribution in [0.2, 0.25) is 0 Å². The molecule has 222 valence electrons. The second-order valence-corrected chi connectivity index (χ2v) is 12.3. The predicted octanol–water partition coefficient (Wildman–Crippen LogP) is 6.10. The summed E-state index contributed by atoms with van der Waals surface area (Å²) in [6.07, 6.45) is 3.41. The Morgan fingerprint density at radius 3 is 2.82 bits per heavy atom. The van der Waals surface area contributed by atoms with Crippen LogP contribution in [0.3, 0.4) is 0 Å². The lowest BCUT2D eigenvalue weighted by Crippen LogP contribution is -2.32. The number of aromatic nitrogens is 2. The number of anilines is 2. The molecule has 9 nitrogen and oxygen atoms in total. The summed E-state index contributed by atoms with van der Waals surface area (Å²) < 4.78 is 6.91. The predicted molar refractivity (Wildman–Crippen MR) is 173 cm³/mol. The summed E-state index contributed by atoms with van der Waals surface area (Å²) in [5, 5.41) is 33.1. The van der Waals surface area contributed by atoms with Crippen molar-refractivity contribution < 1.29 is 19.7 Å². The third kappa shape index (κ3) is 6.64. The van der Waals surface area contributed by atoms with E-state index in [0.29, 0.717) is 54.1 Å². The number of amides is 1. The van der Waals surface area contributed by atoms with Crippen LogP contribution in [0.1, 0.15) is 50.3 Å².